The molecule has 0 spiro atoms. The quantitative estimate of drug-likeness (QED) is 0.150. The van der Waals surface area contributed by atoms with E-state index in [1.54, 1.807) is 0 Å². The first-order valence-corrected chi connectivity index (χ1v) is 16.5. The molecule has 2 saturated carbocycles. The van der Waals surface area contributed by atoms with Crippen LogP contribution in [-0.4, -0.2) is 12.5 Å². The highest BCUT2D eigenvalue weighted by atomic mass is 19.4. The molecule has 0 aromatic heterocycles. The molecule has 5 rings (SSSR count). The molecule has 256 valence electrons. The summed E-state index contributed by atoms with van der Waals surface area (Å²) < 4.78 is 119. The second-order valence-corrected chi connectivity index (χ2v) is 13.1. The summed E-state index contributed by atoms with van der Waals surface area (Å²) in [5, 5.41) is 0. The van der Waals surface area contributed by atoms with E-state index >= 15 is 8.78 Å². The smallest absolute Gasteiger partial charge is 0.432 e. The predicted molar refractivity (Wildman–Crippen MR) is 164 cm³/mol. The molecule has 0 saturated heterocycles. The summed E-state index contributed by atoms with van der Waals surface area (Å²) in [5.74, 6) is -6.21. The summed E-state index contributed by atoms with van der Waals surface area (Å²) in [6.45, 7) is 2.23. The fraction of sp³-hybridized carbons (Fsp3) is 0.514. The Morgan fingerprint density at radius 2 is 1.19 bits per heavy atom. The van der Waals surface area contributed by atoms with Crippen molar-refractivity contribution in [2.75, 3.05) is 0 Å². The van der Waals surface area contributed by atoms with Crippen LogP contribution in [0.5, 0.6) is 11.5 Å². The van der Waals surface area contributed by atoms with Crippen molar-refractivity contribution in [3.05, 3.63) is 83.2 Å². The highest BCUT2D eigenvalue weighted by molar-refractivity contribution is 5.66. The lowest BCUT2D eigenvalue weighted by Crippen LogP contribution is -2.37. The molecule has 0 aliphatic heterocycles. The van der Waals surface area contributed by atoms with Crippen LogP contribution in [0.1, 0.15) is 107 Å². The van der Waals surface area contributed by atoms with Gasteiger partial charge in [0.2, 0.25) is 5.75 Å². The normalized spacial score (nSPS) is 22.2. The molecular weight excluding hydrogens is 628 g/mol. The van der Waals surface area contributed by atoms with E-state index in [0.29, 0.717) is 37.0 Å². The van der Waals surface area contributed by atoms with Crippen molar-refractivity contribution in [3.8, 4) is 22.6 Å². The van der Waals surface area contributed by atoms with Gasteiger partial charge in [0.15, 0.2) is 11.6 Å². The van der Waals surface area contributed by atoms with E-state index in [1.807, 2.05) is 0 Å². The van der Waals surface area contributed by atoms with Gasteiger partial charge in [-0.3, -0.25) is 0 Å². The van der Waals surface area contributed by atoms with Gasteiger partial charge in [-0.05, 0) is 110 Å². The van der Waals surface area contributed by atoms with E-state index in [-0.39, 0.29) is 18.8 Å². The summed E-state index contributed by atoms with van der Waals surface area (Å²) in [4.78, 5) is 0. The molecule has 47 heavy (non-hydrogen) atoms. The summed E-state index contributed by atoms with van der Waals surface area (Å²) in [6.07, 6.45) is 2.85. The molecule has 0 bridgehead atoms. The Morgan fingerprint density at radius 3 is 1.70 bits per heavy atom. The zero-order chi connectivity index (χ0) is 33.8. The second kappa shape index (κ2) is 14.9. The molecule has 2 fully saturated rings. The van der Waals surface area contributed by atoms with Crippen LogP contribution in [0, 0.1) is 29.3 Å². The van der Waals surface area contributed by atoms with Crippen LogP contribution >= 0.6 is 0 Å². The van der Waals surface area contributed by atoms with Crippen molar-refractivity contribution >= 4 is 0 Å². The van der Waals surface area contributed by atoms with E-state index in [9.17, 15) is 26.3 Å². The maximum atomic E-state index is 15.2. The molecule has 3 aromatic carbocycles. The molecule has 2 aliphatic carbocycles. The number of unbranched alkanes of at least 4 members (excludes halogenated alkanes) is 2. The minimum Gasteiger partial charge on any atom is -0.432 e. The van der Waals surface area contributed by atoms with Crippen molar-refractivity contribution < 1.29 is 44.6 Å². The summed E-state index contributed by atoms with van der Waals surface area (Å²) in [7, 11) is 0. The topological polar surface area (TPSA) is 18.5 Å². The number of hydrogen-bond donors (Lipinski definition) is 0. The summed E-state index contributed by atoms with van der Waals surface area (Å²) in [5.41, 5.74) is 1.64. The third-order valence-electron chi connectivity index (χ3n) is 9.87. The van der Waals surface area contributed by atoms with Crippen molar-refractivity contribution in [1.29, 1.82) is 0 Å². The second-order valence-electron chi connectivity index (χ2n) is 13.1. The maximum Gasteiger partial charge on any atom is 0.573 e. The molecule has 0 N–H and O–H groups in total. The average Bonchev–Trinajstić information content (AvgIpc) is 3.03. The fourth-order valence-electron chi connectivity index (χ4n) is 7.23. The average molecular weight is 669 g/mol. The Morgan fingerprint density at radius 1 is 0.638 bits per heavy atom. The van der Waals surface area contributed by atoms with Crippen molar-refractivity contribution in [3.63, 3.8) is 0 Å². The van der Waals surface area contributed by atoms with Gasteiger partial charge in [-0.25, -0.2) is 13.2 Å². The monoisotopic (exact) mass is 668 g/mol. The first kappa shape index (κ1) is 35.0. The third kappa shape index (κ3) is 8.99. The summed E-state index contributed by atoms with van der Waals surface area (Å²) in [6, 6.07) is 12.3. The lowest BCUT2D eigenvalue weighted by Gasteiger charge is -2.33. The highest BCUT2D eigenvalue weighted by Gasteiger charge is 2.44. The Balaban J connectivity index is 1.14. The molecule has 10 heteroatoms. The SMILES string of the molecule is CCCCCC1CCC(c2ccc(C3CCC(C(F)(F)Oc4ccc(-c5cc(F)c(OC(F)(F)F)c(F)c5)c(F)c4)CC3)cc2)CC1. The van der Waals surface area contributed by atoms with Gasteiger partial charge in [-0.2, -0.15) is 8.78 Å². The Hall–Kier alpha value is -3.30. The number of benzene rings is 3. The molecule has 2 nitrogen and oxygen atoms in total. The molecule has 0 unspecified atom stereocenters. The molecule has 0 atom stereocenters. The van der Waals surface area contributed by atoms with Gasteiger partial charge in [-0.15, -0.1) is 13.2 Å². The highest BCUT2D eigenvalue weighted by Crippen LogP contribution is 2.45. The Labute approximate surface area is 270 Å². The van der Waals surface area contributed by atoms with Crippen LogP contribution in [0.15, 0.2) is 54.6 Å². The van der Waals surface area contributed by atoms with Crippen LogP contribution in [0.25, 0.3) is 11.1 Å². The molecule has 3 aromatic rings. The van der Waals surface area contributed by atoms with E-state index in [4.69, 9.17) is 4.74 Å². The minimum absolute atomic E-state index is 0.163. The van der Waals surface area contributed by atoms with Gasteiger partial charge in [-0.1, -0.05) is 56.9 Å². The number of alkyl halides is 5. The van der Waals surface area contributed by atoms with Crippen LogP contribution in [0.4, 0.5) is 35.1 Å². The van der Waals surface area contributed by atoms with Crippen LogP contribution < -0.4 is 9.47 Å². The number of hydrogen-bond acceptors (Lipinski definition) is 2. The van der Waals surface area contributed by atoms with Crippen molar-refractivity contribution in [2.24, 2.45) is 11.8 Å². The molecular formula is C37H40F8O2. The fourth-order valence-corrected chi connectivity index (χ4v) is 7.23. The standard InChI is InChI=1S/C37H40F8O2/c1-2-3-4-5-23-6-8-24(9-7-23)25-10-12-26(13-11-25)27-14-16-29(17-15-27)36(41,42)46-30-18-19-31(32(38)22-30)28-20-33(39)35(34(40)21-28)47-37(43,44)45/h10-13,18-24,27,29H,2-9,14-17H2,1H3. The molecule has 2 aliphatic rings. The lowest BCUT2D eigenvalue weighted by atomic mass is 9.75. The predicted octanol–water partition coefficient (Wildman–Crippen LogP) is 12.5. The lowest BCUT2D eigenvalue weighted by molar-refractivity contribution is -0.276. The third-order valence-corrected chi connectivity index (χ3v) is 9.87. The largest absolute Gasteiger partial charge is 0.573 e. The van der Waals surface area contributed by atoms with Crippen molar-refractivity contribution in [2.45, 2.75) is 108 Å². The van der Waals surface area contributed by atoms with Gasteiger partial charge >= 0.3 is 12.5 Å². The van der Waals surface area contributed by atoms with E-state index < -0.39 is 58.5 Å². The molecule has 0 amide bonds. The Kier molecular flexibility index (Phi) is 11.1. The van der Waals surface area contributed by atoms with E-state index in [0.717, 1.165) is 23.6 Å². The Bertz CT molecular complexity index is 1450. The number of rotatable bonds is 11. The van der Waals surface area contributed by atoms with Gasteiger partial charge in [0.1, 0.15) is 11.6 Å². The van der Waals surface area contributed by atoms with Gasteiger partial charge in [0.25, 0.3) is 0 Å². The number of ether oxygens (including phenoxy) is 2. The zero-order valence-corrected chi connectivity index (χ0v) is 26.3. The molecule has 0 radical (unpaired) electrons. The van der Waals surface area contributed by atoms with E-state index in [2.05, 4.69) is 35.9 Å². The van der Waals surface area contributed by atoms with E-state index in [1.165, 1.54) is 56.9 Å². The first-order valence-electron chi connectivity index (χ1n) is 16.5. The van der Waals surface area contributed by atoms with Gasteiger partial charge in [0.05, 0.1) is 5.92 Å². The minimum atomic E-state index is -5.34. The first-order chi connectivity index (χ1) is 22.3. The van der Waals surface area contributed by atoms with Crippen LogP contribution in [-0.2, 0) is 0 Å². The van der Waals surface area contributed by atoms with Crippen LogP contribution in [0.3, 0.4) is 0 Å². The van der Waals surface area contributed by atoms with Gasteiger partial charge < -0.3 is 9.47 Å². The molecule has 0 heterocycles. The van der Waals surface area contributed by atoms with Crippen molar-refractivity contribution in [1.82, 2.24) is 0 Å². The maximum absolute atomic E-state index is 15.2. The number of halogens is 8. The zero-order valence-electron chi connectivity index (χ0n) is 26.3. The van der Waals surface area contributed by atoms with Gasteiger partial charge in [0, 0.05) is 11.6 Å². The van der Waals surface area contributed by atoms with Crippen LogP contribution in [0.2, 0.25) is 0 Å². The summed E-state index contributed by atoms with van der Waals surface area (Å²) >= 11 is 0.